The third-order valence-corrected chi connectivity index (χ3v) is 5.38. The Morgan fingerprint density at radius 3 is 2.61 bits per heavy atom. The van der Waals surface area contributed by atoms with Crippen LogP contribution in [-0.4, -0.2) is 49.6 Å². The molecule has 0 spiro atoms. The average molecular weight is 379 g/mol. The summed E-state index contributed by atoms with van der Waals surface area (Å²) in [6.07, 6.45) is 0.169. The van der Waals surface area contributed by atoms with Crippen LogP contribution in [0.3, 0.4) is 0 Å². The third-order valence-electron chi connectivity index (χ3n) is 5.38. The van der Waals surface area contributed by atoms with Gasteiger partial charge in [0.05, 0.1) is 25.2 Å². The molecule has 0 bridgehead atoms. The fourth-order valence-corrected chi connectivity index (χ4v) is 3.88. The summed E-state index contributed by atoms with van der Waals surface area (Å²) in [5, 5.41) is 6.06. The standard InChI is InChI=1S/C22H25N3O3/c26-21-14-18(17-8-4-5-9-19(17)23-21)22(27)24-20(16-6-2-1-3-7-16)15-25-10-12-28-13-11-25/h1-9,18,20H,10-15H2,(H,23,26)(H,24,27). The zero-order valence-electron chi connectivity index (χ0n) is 15.8. The zero-order valence-corrected chi connectivity index (χ0v) is 15.8. The second-order valence-electron chi connectivity index (χ2n) is 7.28. The molecule has 2 amide bonds. The van der Waals surface area contributed by atoms with Crippen molar-refractivity contribution in [3.05, 3.63) is 65.7 Å². The second-order valence-corrected chi connectivity index (χ2v) is 7.28. The van der Waals surface area contributed by atoms with Crippen molar-refractivity contribution in [2.75, 3.05) is 38.2 Å². The van der Waals surface area contributed by atoms with Gasteiger partial charge >= 0.3 is 0 Å². The summed E-state index contributed by atoms with van der Waals surface area (Å²) in [5.41, 5.74) is 2.66. The molecule has 2 aromatic carbocycles. The van der Waals surface area contributed by atoms with E-state index in [1.54, 1.807) is 0 Å². The number of carbonyl (C=O) groups is 2. The molecule has 0 aromatic heterocycles. The molecule has 2 aliphatic rings. The highest BCUT2D eigenvalue weighted by molar-refractivity contribution is 6.01. The molecule has 2 unspecified atom stereocenters. The van der Waals surface area contributed by atoms with Crippen molar-refractivity contribution in [1.82, 2.24) is 10.2 Å². The number of hydrogen-bond donors (Lipinski definition) is 2. The zero-order chi connectivity index (χ0) is 19.3. The van der Waals surface area contributed by atoms with Crippen molar-refractivity contribution in [1.29, 1.82) is 0 Å². The lowest BCUT2D eigenvalue weighted by Gasteiger charge is -2.32. The van der Waals surface area contributed by atoms with E-state index in [9.17, 15) is 9.59 Å². The first-order valence-corrected chi connectivity index (χ1v) is 9.75. The van der Waals surface area contributed by atoms with Crippen LogP contribution < -0.4 is 10.6 Å². The van der Waals surface area contributed by atoms with Crippen molar-refractivity contribution in [3.63, 3.8) is 0 Å². The molecule has 28 heavy (non-hydrogen) atoms. The number of benzene rings is 2. The average Bonchev–Trinajstić information content (AvgIpc) is 2.74. The molecule has 2 aromatic rings. The van der Waals surface area contributed by atoms with Crippen LogP contribution in [0.5, 0.6) is 0 Å². The van der Waals surface area contributed by atoms with Crippen molar-refractivity contribution >= 4 is 17.5 Å². The summed E-state index contributed by atoms with van der Waals surface area (Å²) in [6, 6.07) is 17.4. The molecule has 1 fully saturated rings. The van der Waals surface area contributed by atoms with Crippen LogP contribution in [0, 0.1) is 0 Å². The van der Waals surface area contributed by atoms with Gasteiger partial charge in [-0.05, 0) is 17.2 Å². The fraction of sp³-hybridized carbons (Fsp3) is 0.364. The lowest BCUT2D eigenvalue weighted by Crippen LogP contribution is -2.44. The number of anilines is 1. The molecule has 6 nitrogen and oxygen atoms in total. The second kappa shape index (κ2) is 8.54. The summed E-state index contributed by atoms with van der Waals surface area (Å²) in [6.45, 7) is 3.86. The number of fused-ring (bicyclic) bond motifs is 1. The van der Waals surface area contributed by atoms with E-state index >= 15 is 0 Å². The minimum absolute atomic E-state index is 0.107. The largest absolute Gasteiger partial charge is 0.379 e. The van der Waals surface area contributed by atoms with Gasteiger partial charge in [0.15, 0.2) is 0 Å². The van der Waals surface area contributed by atoms with Crippen molar-refractivity contribution in [2.45, 2.75) is 18.4 Å². The lowest BCUT2D eigenvalue weighted by molar-refractivity contribution is -0.127. The Labute approximate surface area is 164 Å². The van der Waals surface area contributed by atoms with E-state index in [4.69, 9.17) is 4.74 Å². The van der Waals surface area contributed by atoms with Gasteiger partial charge < -0.3 is 15.4 Å². The van der Waals surface area contributed by atoms with E-state index in [1.165, 1.54) is 0 Å². The highest BCUT2D eigenvalue weighted by atomic mass is 16.5. The van der Waals surface area contributed by atoms with Crippen LogP contribution >= 0.6 is 0 Å². The highest BCUT2D eigenvalue weighted by Crippen LogP contribution is 2.32. The predicted molar refractivity (Wildman–Crippen MR) is 107 cm³/mol. The molecule has 4 rings (SSSR count). The molecular formula is C22H25N3O3. The molecule has 2 N–H and O–H groups in total. The Kier molecular flexibility index (Phi) is 5.69. The van der Waals surface area contributed by atoms with Crippen LogP contribution in [0.1, 0.15) is 29.5 Å². The van der Waals surface area contributed by atoms with E-state index in [-0.39, 0.29) is 24.3 Å². The van der Waals surface area contributed by atoms with Gasteiger partial charge in [0.2, 0.25) is 11.8 Å². The number of nitrogens with one attached hydrogen (secondary N) is 2. The lowest BCUT2D eigenvalue weighted by atomic mass is 9.89. The SMILES string of the molecule is O=C1CC(C(=O)NC(CN2CCOCC2)c2ccccc2)c2ccccc2N1. The van der Waals surface area contributed by atoms with E-state index in [1.807, 2.05) is 54.6 Å². The molecule has 0 radical (unpaired) electrons. The van der Waals surface area contributed by atoms with E-state index in [0.29, 0.717) is 13.2 Å². The summed E-state index contributed by atoms with van der Waals surface area (Å²) in [5.74, 6) is -0.700. The van der Waals surface area contributed by atoms with E-state index in [0.717, 1.165) is 36.4 Å². The normalized spacial score (nSPS) is 20.7. The Morgan fingerprint density at radius 2 is 1.82 bits per heavy atom. The molecule has 6 heteroatoms. The Morgan fingerprint density at radius 1 is 1.11 bits per heavy atom. The fourth-order valence-electron chi connectivity index (χ4n) is 3.88. The molecule has 2 atom stereocenters. The minimum Gasteiger partial charge on any atom is -0.379 e. The Bertz CT molecular complexity index is 834. The van der Waals surface area contributed by atoms with Crippen LogP contribution in [0.25, 0.3) is 0 Å². The first-order chi connectivity index (χ1) is 13.7. The molecular weight excluding hydrogens is 354 g/mol. The topological polar surface area (TPSA) is 70.7 Å². The summed E-state index contributed by atoms with van der Waals surface area (Å²) >= 11 is 0. The Balaban J connectivity index is 1.54. The van der Waals surface area contributed by atoms with E-state index < -0.39 is 5.92 Å². The number of carbonyl (C=O) groups excluding carboxylic acids is 2. The molecule has 2 heterocycles. The first-order valence-electron chi connectivity index (χ1n) is 9.75. The maximum Gasteiger partial charge on any atom is 0.228 e. The third kappa shape index (κ3) is 4.24. The smallest absolute Gasteiger partial charge is 0.228 e. The monoisotopic (exact) mass is 379 g/mol. The summed E-state index contributed by atoms with van der Waals surface area (Å²) in [7, 11) is 0. The van der Waals surface area contributed by atoms with Gasteiger partial charge in [0, 0.05) is 31.7 Å². The predicted octanol–water partition coefficient (Wildman–Crippen LogP) is 2.30. The van der Waals surface area contributed by atoms with Gasteiger partial charge in [-0.2, -0.15) is 0 Å². The minimum atomic E-state index is -0.471. The first kappa shape index (κ1) is 18.7. The number of nitrogens with zero attached hydrogens (tertiary/aromatic N) is 1. The van der Waals surface area contributed by atoms with Gasteiger partial charge in [0.25, 0.3) is 0 Å². The quantitative estimate of drug-likeness (QED) is 0.836. The molecule has 1 saturated heterocycles. The number of para-hydroxylation sites is 1. The molecule has 0 saturated carbocycles. The highest BCUT2D eigenvalue weighted by Gasteiger charge is 2.32. The van der Waals surface area contributed by atoms with Crippen LogP contribution in [0.2, 0.25) is 0 Å². The Hall–Kier alpha value is -2.70. The molecule has 146 valence electrons. The van der Waals surface area contributed by atoms with E-state index in [2.05, 4.69) is 15.5 Å². The number of morpholine rings is 1. The van der Waals surface area contributed by atoms with Gasteiger partial charge in [-0.3, -0.25) is 14.5 Å². The number of rotatable bonds is 5. The van der Waals surface area contributed by atoms with Crippen molar-refractivity contribution in [3.8, 4) is 0 Å². The van der Waals surface area contributed by atoms with Gasteiger partial charge in [0.1, 0.15) is 0 Å². The van der Waals surface area contributed by atoms with Crippen LogP contribution in [0.4, 0.5) is 5.69 Å². The number of amides is 2. The number of hydrogen-bond acceptors (Lipinski definition) is 4. The van der Waals surface area contributed by atoms with Gasteiger partial charge in [-0.25, -0.2) is 0 Å². The van der Waals surface area contributed by atoms with Gasteiger partial charge in [-0.15, -0.1) is 0 Å². The maximum absolute atomic E-state index is 13.2. The van der Waals surface area contributed by atoms with Crippen molar-refractivity contribution < 1.29 is 14.3 Å². The van der Waals surface area contributed by atoms with Crippen LogP contribution in [-0.2, 0) is 14.3 Å². The molecule has 2 aliphatic heterocycles. The molecule has 0 aliphatic carbocycles. The van der Waals surface area contributed by atoms with Crippen molar-refractivity contribution in [2.24, 2.45) is 0 Å². The summed E-state index contributed by atoms with van der Waals surface area (Å²) < 4.78 is 5.44. The van der Waals surface area contributed by atoms with Crippen LogP contribution in [0.15, 0.2) is 54.6 Å². The summed E-state index contributed by atoms with van der Waals surface area (Å²) in [4.78, 5) is 27.6. The van der Waals surface area contributed by atoms with Gasteiger partial charge in [-0.1, -0.05) is 48.5 Å². The maximum atomic E-state index is 13.2. The number of ether oxygens (including phenoxy) is 1.